The van der Waals surface area contributed by atoms with Crippen LogP contribution in [0.2, 0.25) is 0 Å². The fourth-order valence-electron chi connectivity index (χ4n) is 2.45. The minimum absolute atomic E-state index is 0.125. The van der Waals surface area contributed by atoms with Gasteiger partial charge in [0, 0.05) is 17.3 Å². The van der Waals surface area contributed by atoms with E-state index in [2.05, 4.69) is 10.3 Å². The summed E-state index contributed by atoms with van der Waals surface area (Å²) in [6.07, 6.45) is 1.79. The number of benzene rings is 1. The van der Waals surface area contributed by atoms with Crippen molar-refractivity contribution < 1.29 is 14.4 Å². The van der Waals surface area contributed by atoms with Gasteiger partial charge in [-0.2, -0.15) is 0 Å². The summed E-state index contributed by atoms with van der Waals surface area (Å²) in [6.45, 7) is 3.13. The predicted molar refractivity (Wildman–Crippen MR) is 76.6 cm³/mol. The van der Waals surface area contributed by atoms with Crippen molar-refractivity contribution in [3.8, 4) is 0 Å². The average Bonchev–Trinajstić information content (AvgIpc) is 2.89. The summed E-state index contributed by atoms with van der Waals surface area (Å²) in [7, 11) is 0. The van der Waals surface area contributed by atoms with Crippen molar-refractivity contribution in [3.63, 3.8) is 0 Å². The lowest BCUT2D eigenvalue weighted by atomic mass is 9.97. The van der Waals surface area contributed by atoms with Gasteiger partial charge in [0.15, 0.2) is 0 Å². The van der Waals surface area contributed by atoms with Crippen LogP contribution in [0.1, 0.15) is 24.2 Å². The molecule has 1 saturated heterocycles. The third-order valence-corrected chi connectivity index (χ3v) is 3.83. The summed E-state index contributed by atoms with van der Waals surface area (Å²) in [5.41, 5.74) is 0.224. The summed E-state index contributed by atoms with van der Waals surface area (Å²) in [5, 5.41) is 3.25. The van der Waals surface area contributed by atoms with E-state index < -0.39 is 17.4 Å². The van der Waals surface area contributed by atoms with Gasteiger partial charge in [-0.25, -0.2) is 0 Å². The van der Waals surface area contributed by atoms with Gasteiger partial charge in [0.25, 0.3) is 11.8 Å². The van der Waals surface area contributed by atoms with E-state index in [0.717, 1.165) is 10.9 Å². The zero-order valence-electron chi connectivity index (χ0n) is 11.8. The third kappa shape index (κ3) is 2.08. The van der Waals surface area contributed by atoms with Crippen molar-refractivity contribution in [1.82, 2.24) is 15.2 Å². The molecule has 1 aromatic carbocycles. The Balaban J connectivity index is 1.99. The standard InChI is InChI=1S/C15H15N3O3/c1-15(2)14(21)17-12(19)8-18(15)13(20)10-4-3-9-5-6-16-11(9)7-10/h3-7,16H,8H2,1-2H3,(H,17,19,21). The first-order valence-electron chi connectivity index (χ1n) is 6.63. The van der Waals surface area contributed by atoms with Crippen LogP contribution in [0.5, 0.6) is 0 Å². The topological polar surface area (TPSA) is 82.3 Å². The van der Waals surface area contributed by atoms with E-state index in [1.807, 2.05) is 12.1 Å². The van der Waals surface area contributed by atoms with Crippen LogP contribution < -0.4 is 5.32 Å². The Morgan fingerprint density at radius 1 is 1.24 bits per heavy atom. The molecule has 2 heterocycles. The zero-order chi connectivity index (χ0) is 15.2. The number of H-pyrrole nitrogens is 1. The molecule has 0 unspecified atom stereocenters. The molecule has 0 atom stereocenters. The summed E-state index contributed by atoms with van der Waals surface area (Å²) >= 11 is 0. The second-order valence-electron chi connectivity index (χ2n) is 5.61. The maximum absolute atomic E-state index is 12.7. The van der Waals surface area contributed by atoms with Crippen LogP contribution in [0.4, 0.5) is 0 Å². The largest absolute Gasteiger partial charge is 0.361 e. The fraction of sp³-hybridized carbons (Fsp3) is 0.267. The monoisotopic (exact) mass is 285 g/mol. The van der Waals surface area contributed by atoms with Crippen LogP contribution in [0.15, 0.2) is 30.5 Å². The number of amides is 3. The highest BCUT2D eigenvalue weighted by molar-refractivity contribution is 6.09. The van der Waals surface area contributed by atoms with Gasteiger partial charge in [0.05, 0.1) is 0 Å². The van der Waals surface area contributed by atoms with Gasteiger partial charge in [0.1, 0.15) is 12.1 Å². The van der Waals surface area contributed by atoms with Gasteiger partial charge in [0.2, 0.25) is 5.91 Å². The first-order valence-corrected chi connectivity index (χ1v) is 6.63. The Labute approximate surface area is 121 Å². The highest BCUT2D eigenvalue weighted by atomic mass is 16.2. The number of aromatic amines is 1. The summed E-state index contributed by atoms with van der Waals surface area (Å²) in [5.74, 6) is -1.26. The first kappa shape index (κ1) is 13.4. The molecule has 0 spiro atoms. The van der Waals surface area contributed by atoms with E-state index in [4.69, 9.17) is 0 Å². The quantitative estimate of drug-likeness (QED) is 0.768. The van der Waals surface area contributed by atoms with E-state index >= 15 is 0 Å². The number of aromatic nitrogens is 1. The number of rotatable bonds is 1. The molecule has 6 nitrogen and oxygen atoms in total. The Hall–Kier alpha value is -2.63. The smallest absolute Gasteiger partial charge is 0.255 e. The molecular formula is C15H15N3O3. The molecule has 0 radical (unpaired) electrons. The number of piperazine rings is 1. The van der Waals surface area contributed by atoms with E-state index in [1.165, 1.54) is 4.90 Å². The van der Waals surface area contributed by atoms with Gasteiger partial charge in [-0.1, -0.05) is 6.07 Å². The van der Waals surface area contributed by atoms with Crippen LogP contribution in [0, 0.1) is 0 Å². The molecule has 1 aromatic heterocycles. The predicted octanol–water partition coefficient (Wildman–Crippen LogP) is 1.05. The molecule has 1 aliphatic heterocycles. The maximum Gasteiger partial charge on any atom is 0.255 e. The second-order valence-corrected chi connectivity index (χ2v) is 5.61. The molecule has 0 saturated carbocycles. The van der Waals surface area contributed by atoms with Crippen molar-refractivity contribution in [2.75, 3.05) is 6.54 Å². The number of nitrogens with zero attached hydrogens (tertiary/aromatic N) is 1. The van der Waals surface area contributed by atoms with E-state index in [1.54, 1.807) is 32.2 Å². The summed E-state index contributed by atoms with van der Waals surface area (Å²) in [4.78, 5) is 40.5. The van der Waals surface area contributed by atoms with Gasteiger partial charge in [-0.3, -0.25) is 19.7 Å². The molecule has 21 heavy (non-hydrogen) atoms. The number of fused-ring (bicyclic) bond motifs is 1. The summed E-state index contributed by atoms with van der Waals surface area (Å²) in [6, 6.07) is 7.17. The SMILES string of the molecule is CC1(C)C(=O)NC(=O)CN1C(=O)c1ccc2cc[nH]c2c1. The van der Waals surface area contributed by atoms with Gasteiger partial charge in [-0.15, -0.1) is 0 Å². The van der Waals surface area contributed by atoms with Gasteiger partial charge in [-0.05, 0) is 37.4 Å². The van der Waals surface area contributed by atoms with Gasteiger partial charge < -0.3 is 9.88 Å². The van der Waals surface area contributed by atoms with E-state index in [9.17, 15) is 14.4 Å². The Kier molecular flexibility index (Phi) is 2.83. The lowest BCUT2D eigenvalue weighted by molar-refractivity contribution is -0.143. The lowest BCUT2D eigenvalue weighted by Crippen LogP contribution is -2.65. The van der Waals surface area contributed by atoms with E-state index in [-0.39, 0.29) is 12.5 Å². The maximum atomic E-state index is 12.7. The van der Waals surface area contributed by atoms with Crippen LogP contribution in [-0.4, -0.2) is 39.7 Å². The molecule has 1 aliphatic rings. The number of hydrogen-bond acceptors (Lipinski definition) is 3. The molecule has 3 rings (SSSR count). The van der Waals surface area contributed by atoms with Crippen LogP contribution >= 0.6 is 0 Å². The number of carbonyl (C=O) groups is 3. The molecule has 0 aliphatic carbocycles. The zero-order valence-corrected chi connectivity index (χ0v) is 11.8. The van der Waals surface area contributed by atoms with Crippen molar-refractivity contribution in [2.24, 2.45) is 0 Å². The average molecular weight is 285 g/mol. The van der Waals surface area contributed by atoms with Crippen molar-refractivity contribution in [2.45, 2.75) is 19.4 Å². The molecule has 3 amide bonds. The van der Waals surface area contributed by atoms with Crippen molar-refractivity contribution >= 4 is 28.6 Å². The molecule has 2 N–H and O–H groups in total. The number of nitrogens with one attached hydrogen (secondary N) is 2. The third-order valence-electron chi connectivity index (χ3n) is 3.83. The molecule has 108 valence electrons. The Bertz CT molecular complexity index is 760. The first-order chi connectivity index (χ1) is 9.89. The number of imide groups is 1. The highest BCUT2D eigenvalue weighted by Crippen LogP contribution is 2.22. The Morgan fingerprint density at radius 2 is 2.00 bits per heavy atom. The summed E-state index contributed by atoms with van der Waals surface area (Å²) < 4.78 is 0. The fourth-order valence-corrected chi connectivity index (χ4v) is 2.45. The highest BCUT2D eigenvalue weighted by Gasteiger charge is 2.43. The molecule has 6 heteroatoms. The lowest BCUT2D eigenvalue weighted by Gasteiger charge is -2.40. The van der Waals surface area contributed by atoms with Gasteiger partial charge >= 0.3 is 0 Å². The molecule has 0 bridgehead atoms. The minimum atomic E-state index is -1.06. The van der Waals surface area contributed by atoms with E-state index in [0.29, 0.717) is 5.56 Å². The van der Waals surface area contributed by atoms with Crippen LogP contribution in [0.25, 0.3) is 10.9 Å². The van der Waals surface area contributed by atoms with Crippen LogP contribution in [-0.2, 0) is 9.59 Å². The number of carbonyl (C=O) groups excluding carboxylic acids is 3. The van der Waals surface area contributed by atoms with Crippen LogP contribution in [0.3, 0.4) is 0 Å². The minimum Gasteiger partial charge on any atom is -0.361 e. The Morgan fingerprint density at radius 3 is 2.76 bits per heavy atom. The molecule has 1 fully saturated rings. The molecular weight excluding hydrogens is 270 g/mol. The van der Waals surface area contributed by atoms with Crippen molar-refractivity contribution in [1.29, 1.82) is 0 Å². The second kappa shape index (κ2) is 4.44. The molecule has 2 aromatic rings. The number of hydrogen-bond donors (Lipinski definition) is 2. The van der Waals surface area contributed by atoms with Crippen molar-refractivity contribution in [3.05, 3.63) is 36.0 Å². The normalized spacial score (nSPS) is 17.9.